The lowest BCUT2D eigenvalue weighted by Crippen LogP contribution is -2.14. The minimum absolute atomic E-state index is 0.354. The van der Waals surface area contributed by atoms with E-state index in [0.717, 1.165) is 19.3 Å². The highest BCUT2D eigenvalue weighted by molar-refractivity contribution is 5.56. The zero-order valence-electron chi connectivity index (χ0n) is 7.01. The van der Waals surface area contributed by atoms with Crippen molar-refractivity contribution in [1.82, 2.24) is 0 Å². The van der Waals surface area contributed by atoms with Crippen molar-refractivity contribution in [2.24, 2.45) is 0 Å². The molecule has 0 bridgehead atoms. The Morgan fingerprint density at radius 1 is 1.73 bits per heavy atom. The van der Waals surface area contributed by atoms with Crippen molar-refractivity contribution < 1.29 is 9.53 Å². The molecule has 2 heteroatoms. The van der Waals surface area contributed by atoms with E-state index in [0.29, 0.717) is 6.61 Å². The second kappa shape index (κ2) is 7.48. The van der Waals surface area contributed by atoms with E-state index >= 15 is 0 Å². The van der Waals surface area contributed by atoms with Crippen molar-refractivity contribution in [2.75, 3.05) is 6.61 Å². The van der Waals surface area contributed by atoms with E-state index in [1.807, 2.05) is 6.29 Å². The van der Waals surface area contributed by atoms with Crippen LogP contribution in [0, 0.1) is 0 Å². The van der Waals surface area contributed by atoms with Crippen molar-refractivity contribution in [3.8, 4) is 0 Å². The van der Waals surface area contributed by atoms with Crippen LogP contribution in [0.4, 0.5) is 0 Å². The standard InChI is InChI=1S/C9H15O2/c1-3-5-6-9(8-10)11-7-4-2/h4,9H,2-3,5-7H2,1H3. The molecule has 2 nitrogen and oxygen atoms in total. The van der Waals surface area contributed by atoms with Crippen LogP contribution in [0.5, 0.6) is 0 Å². The minimum Gasteiger partial charge on any atom is -0.366 e. The number of ether oxygens (including phenoxy) is 1. The molecule has 0 aliphatic heterocycles. The predicted octanol–water partition coefficient (Wildman–Crippen LogP) is 1.86. The van der Waals surface area contributed by atoms with E-state index in [9.17, 15) is 4.79 Å². The number of hydrogen-bond donors (Lipinski definition) is 0. The van der Waals surface area contributed by atoms with Crippen molar-refractivity contribution >= 4 is 6.29 Å². The molecule has 1 radical (unpaired) electrons. The molecule has 0 aromatic heterocycles. The van der Waals surface area contributed by atoms with E-state index in [4.69, 9.17) is 4.74 Å². The third-order valence-corrected chi connectivity index (χ3v) is 1.37. The lowest BCUT2D eigenvalue weighted by atomic mass is 10.2. The third kappa shape index (κ3) is 5.80. The van der Waals surface area contributed by atoms with E-state index in [-0.39, 0.29) is 6.10 Å². The molecule has 0 aliphatic rings. The minimum atomic E-state index is -0.354. The predicted molar refractivity (Wildman–Crippen MR) is 45.2 cm³/mol. The first kappa shape index (κ1) is 10.4. The van der Waals surface area contributed by atoms with Gasteiger partial charge in [0.05, 0.1) is 6.61 Å². The summed E-state index contributed by atoms with van der Waals surface area (Å²) in [7, 11) is 0. The number of unbranched alkanes of at least 4 members (excludes halogenated alkanes) is 1. The molecule has 0 spiro atoms. The molecule has 0 saturated heterocycles. The first-order valence-electron chi connectivity index (χ1n) is 3.95. The Bertz CT molecular complexity index is 110. The summed E-state index contributed by atoms with van der Waals surface area (Å²) in [5, 5.41) is 0. The molecular weight excluding hydrogens is 140 g/mol. The van der Waals surface area contributed by atoms with Crippen LogP contribution in [0.15, 0.2) is 12.7 Å². The molecule has 0 saturated carbocycles. The molecule has 1 unspecified atom stereocenters. The van der Waals surface area contributed by atoms with Gasteiger partial charge < -0.3 is 4.74 Å². The summed E-state index contributed by atoms with van der Waals surface area (Å²) in [6.07, 6.45) is 5.99. The van der Waals surface area contributed by atoms with Crippen LogP contribution in [-0.4, -0.2) is 19.0 Å². The SMILES string of the molecule is C=CCOC([C]=O)CCCC. The quantitative estimate of drug-likeness (QED) is 0.524. The third-order valence-electron chi connectivity index (χ3n) is 1.37. The van der Waals surface area contributed by atoms with Crippen molar-refractivity contribution in [3.05, 3.63) is 12.7 Å². The molecule has 0 N–H and O–H groups in total. The van der Waals surface area contributed by atoms with Gasteiger partial charge >= 0.3 is 0 Å². The zero-order chi connectivity index (χ0) is 8.53. The van der Waals surface area contributed by atoms with E-state index < -0.39 is 0 Å². The van der Waals surface area contributed by atoms with Gasteiger partial charge in [-0.25, -0.2) is 0 Å². The maximum absolute atomic E-state index is 10.2. The zero-order valence-corrected chi connectivity index (χ0v) is 7.01. The van der Waals surface area contributed by atoms with Gasteiger partial charge in [-0.3, -0.25) is 4.79 Å². The van der Waals surface area contributed by atoms with Gasteiger partial charge in [-0.2, -0.15) is 0 Å². The number of carbonyl (C=O) groups excluding carboxylic acids is 1. The fourth-order valence-corrected chi connectivity index (χ4v) is 0.750. The summed E-state index contributed by atoms with van der Waals surface area (Å²) in [6.45, 7) is 6.01. The average Bonchev–Trinajstić information content (AvgIpc) is 2.05. The summed E-state index contributed by atoms with van der Waals surface area (Å²) < 4.78 is 5.10. The summed E-state index contributed by atoms with van der Waals surface area (Å²) in [5.74, 6) is 0. The van der Waals surface area contributed by atoms with Gasteiger partial charge in [0.15, 0.2) is 0 Å². The molecule has 0 aromatic carbocycles. The van der Waals surface area contributed by atoms with Gasteiger partial charge in [-0.05, 0) is 6.42 Å². The lowest BCUT2D eigenvalue weighted by Gasteiger charge is -2.07. The van der Waals surface area contributed by atoms with E-state index in [1.165, 1.54) is 0 Å². The van der Waals surface area contributed by atoms with Gasteiger partial charge in [0.1, 0.15) is 6.10 Å². The second-order valence-electron chi connectivity index (χ2n) is 2.37. The Balaban J connectivity index is 3.40. The Labute approximate surface area is 68.2 Å². The molecule has 63 valence electrons. The molecular formula is C9H15O2. The largest absolute Gasteiger partial charge is 0.366 e. The van der Waals surface area contributed by atoms with E-state index in [1.54, 1.807) is 6.08 Å². The van der Waals surface area contributed by atoms with Crippen molar-refractivity contribution in [3.63, 3.8) is 0 Å². The fourth-order valence-electron chi connectivity index (χ4n) is 0.750. The highest BCUT2D eigenvalue weighted by Gasteiger charge is 2.05. The Hall–Kier alpha value is -0.630. The number of hydrogen-bond acceptors (Lipinski definition) is 2. The normalized spacial score (nSPS) is 12.5. The molecule has 0 amide bonds. The fraction of sp³-hybridized carbons (Fsp3) is 0.667. The Morgan fingerprint density at radius 2 is 2.45 bits per heavy atom. The van der Waals surface area contributed by atoms with Crippen LogP contribution in [0.2, 0.25) is 0 Å². The molecule has 0 aromatic rings. The lowest BCUT2D eigenvalue weighted by molar-refractivity contribution is 0.112. The highest BCUT2D eigenvalue weighted by Crippen LogP contribution is 2.01. The van der Waals surface area contributed by atoms with Gasteiger partial charge in [-0.1, -0.05) is 25.8 Å². The summed E-state index contributed by atoms with van der Waals surface area (Å²) in [5.41, 5.74) is 0. The first-order valence-corrected chi connectivity index (χ1v) is 3.95. The molecule has 11 heavy (non-hydrogen) atoms. The van der Waals surface area contributed by atoms with Crippen molar-refractivity contribution in [2.45, 2.75) is 32.3 Å². The molecule has 0 aliphatic carbocycles. The molecule has 0 heterocycles. The van der Waals surface area contributed by atoms with Crippen molar-refractivity contribution in [1.29, 1.82) is 0 Å². The van der Waals surface area contributed by atoms with Crippen LogP contribution in [0.1, 0.15) is 26.2 Å². The molecule has 0 rings (SSSR count). The van der Waals surface area contributed by atoms with Crippen LogP contribution in [0.25, 0.3) is 0 Å². The summed E-state index contributed by atoms with van der Waals surface area (Å²) in [4.78, 5) is 10.2. The number of rotatable bonds is 7. The van der Waals surface area contributed by atoms with Gasteiger partial charge in [-0.15, -0.1) is 6.58 Å². The van der Waals surface area contributed by atoms with Crippen LogP contribution in [-0.2, 0) is 9.53 Å². The maximum Gasteiger partial charge on any atom is 0.229 e. The van der Waals surface area contributed by atoms with Gasteiger partial charge in [0.2, 0.25) is 6.29 Å². The smallest absolute Gasteiger partial charge is 0.229 e. The Kier molecular flexibility index (Phi) is 7.05. The van der Waals surface area contributed by atoms with Crippen LogP contribution >= 0.6 is 0 Å². The topological polar surface area (TPSA) is 26.3 Å². The Morgan fingerprint density at radius 3 is 2.91 bits per heavy atom. The first-order chi connectivity index (χ1) is 5.35. The van der Waals surface area contributed by atoms with Crippen LogP contribution < -0.4 is 0 Å². The molecule has 0 fully saturated rings. The summed E-state index contributed by atoms with van der Waals surface area (Å²) in [6, 6.07) is 0. The summed E-state index contributed by atoms with van der Waals surface area (Å²) >= 11 is 0. The van der Waals surface area contributed by atoms with Crippen LogP contribution in [0.3, 0.4) is 0 Å². The second-order valence-corrected chi connectivity index (χ2v) is 2.37. The highest BCUT2D eigenvalue weighted by atomic mass is 16.5. The average molecular weight is 155 g/mol. The van der Waals surface area contributed by atoms with E-state index in [2.05, 4.69) is 13.5 Å². The molecule has 1 atom stereocenters. The maximum atomic E-state index is 10.2. The van der Waals surface area contributed by atoms with Gasteiger partial charge in [0, 0.05) is 0 Å². The monoisotopic (exact) mass is 155 g/mol. The van der Waals surface area contributed by atoms with Gasteiger partial charge in [0.25, 0.3) is 0 Å².